The van der Waals surface area contributed by atoms with Crippen molar-refractivity contribution in [2.75, 3.05) is 40.3 Å². The smallest absolute Gasteiger partial charge is 0.256 e. The molecule has 1 aromatic carbocycles. The molecule has 2 aromatic rings. The molecule has 1 amide bonds. The second-order valence-corrected chi connectivity index (χ2v) is 5.63. The van der Waals surface area contributed by atoms with Crippen LogP contribution in [-0.4, -0.2) is 61.0 Å². The zero-order valence-electron chi connectivity index (χ0n) is 12.8. The molecule has 1 fully saturated rings. The molecule has 0 unspecified atom stereocenters. The van der Waals surface area contributed by atoms with E-state index >= 15 is 0 Å². The number of likely N-dealkylation sites (N-methyl/N-ethyl adjacent to an activating group) is 1. The lowest BCUT2D eigenvalue weighted by atomic mass is 10.1. The Hall–Kier alpha value is -2.01. The Bertz CT molecular complexity index is 669. The molecule has 0 atom stereocenters. The van der Waals surface area contributed by atoms with Crippen LogP contribution < -0.4 is 4.74 Å². The van der Waals surface area contributed by atoms with Gasteiger partial charge in [-0.2, -0.15) is 0 Å². The first-order chi connectivity index (χ1) is 10.1. The van der Waals surface area contributed by atoms with Crippen molar-refractivity contribution in [3.63, 3.8) is 0 Å². The highest BCUT2D eigenvalue weighted by atomic mass is 16.5. The lowest BCUT2D eigenvalue weighted by Gasteiger charge is -2.32. The molecule has 2 heterocycles. The maximum Gasteiger partial charge on any atom is 0.256 e. The lowest BCUT2D eigenvalue weighted by molar-refractivity contribution is 0.0665. The molecule has 0 saturated carbocycles. The summed E-state index contributed by atoms with van der Waals surface area (Å²) in [6, 6.07) is 5.80. The van der Waals surface area contributed by atoms with Crippen molar-refractivity contribution >= 4 is 16.8 Å². The first-order valence-corrected chi connectivity index (χ1v) is 7.24. The number of fused-ring (bicyclic) bond motifs is 1. The van der Waals surface area contributed by atoms with Crippen LogP contribution in [0.2, 0.25) is 0 Å². The van der Waals surface area contributed by atoms with Crippen molar-refractivity contribution in [3.05, 3.63) is 29.5 Å². The fourth-order valence-corrected chi connectivity index (χ4v) is 2.88. The minimum Gasteiger partial charge on any atom is -0.497 e. The summed E-state index contributed by atoms with van der Waals surface area (Å²) in [6.07, 6.45) is 0. The Kier molecular flexibility index (Phi) is 3.59. The van der Waals surface area contributed by atoms with Crippen molar-refractivity contribution < 1.29 is 9.53 Å². The van der Waals surface area contributed by atoms with Crippen molar-refractivity contribution in [3.8, 4) is 5.75 Å². The van der Waals surface area contributed by atoms with Crippen molar-refractivity contribution in [1.29, 1.82) is 0 Å². The van der Waals surface area contributed by atoms with Gasteiger partial charge in [-0.3, -0.25) is 4.79 Å². The molecule has 1 aliphatic heterocycles. The fourth-order valence-electron chi connectivity index (χ4n) is 2.88. The van der Waals surface area contributed by atoms with Gasteiger partial charge in [0, 0.05) is 42.8 Å². The van der Waals surface area contributed by atoms with Crippen molar-refractivity contribution in [1.82, 2.24) is 14.8 Å². The summed E-state index contributed by atoms with van der Waals surface area (Å²) in [5.41, 5.74) is 2.67. The van der Waals surface area contributed by atoms with E-state index < -0.39 is 0 Å². The second kappa shape index (κ2) is 5.41. The number of nitrogens with one attached hydrogen (secondary N) is 1. The molecule has 5 nitrogen and oxygen atoms in total. The number of hydrogen-bond acceptors (Lipinski definition) is 3. The van der Waals surface area contributed by atoms with Crippen LogP contribution in [0.3, 0.4) is 0 Å². The summed E-state index contributed by atoms with van der Waals surface area (Å²) in [5.74, 6) is 0.883. The van der Waals surface area contributed by atoms with Crippen molar-refractivity contribution in [2.24, 2.45) is 0 Å². The highest BCUT2D eigenvalue weighted by Crippen LogP contribution is 2.27. The molecule has 0 bridgehead atoms. The molecule has 112 valence electrons. The number of benzene rings is 1. The van der Waals surface area contributed by atoms with Crippen molar-refractivity contribution in [2.45, 2.75) is 6.92 Å². The number of H-pyrrole nitrogens is 1. The Morgan fingerprint density at radius 2 is 1.95 bits per heavy atom. The molecule has 0 aliphatic carbocycles. The van der Waals surface area contributed by atoms with Gasteiger partial charge >= 0.3 is 0 Å². The van der Waals surface area contributed by atoms with E-state index in [4.69, 9.17) is 4.74 Å². The van der Waals surface area contributed by atoms with Crippen LogP contribution in [0.15, 0.2) is 18.2 Å². The van der Waals surface area contributed by atoms with Gasteiger partial charge < -0.3 is 19.5 Å². The van der Waals surface area contributed by atoms with E-state index in [0.29, 0.717) is 0 Å². The fraction of sp³-hybridized carbons (Fsp3) is 0.438. The summed E-state index contributed by atoms with van der Waals surface area (Å²) < 4.78 is 5.28. The molecule has 5 heteroatoms. The molecule has 1 saturated heterocycles. The van der Waals surface area contributed by atoms with Gasteiger partial charge in [-0.15, -0.1) is 0 Å². The zero-order chi connectivity index (χ0) is 15.0. The summed E-state index contributed by atoms with van der Waals surface area (Å²) in [5, 5.41) is 0.941. The Labute approximate surface area is 124 Å². The normalized spacial score (nSPS) is 16.4. The molecule has 1 aromatic heterocycles. The average Bonchev–Trinajstić information content (AvgIpc) is 2.82. The third kappa shape index (κ3) is 2.49. The minimum atomic E-state index is 0.111. The van der Waals surface area contributed by atoms with Gasteiger partial charge in [0.05, 0.1) is 12.7 Å². The molecule has 0 spiro atoms. The third-order valence-corrected chi connectivity index (χ3v) is 4.20. The lowest BCUT2D eigenvalue weighted by Crippen LogP contribution is -2.47. The predicted molar refractivity (Wildman–Crippen MR) is 83.0 cm³/mol. The number of aromatic amines is 1. The van der Waals surface area contributed by atoms with Crippen LogP contribution in [0.4, 0.5) is 0 Å². The van der Waals surface area contributed by atoms with E-state index in [2.05, 4.69) is 16.9 Å². The summed E-state index contributed by atoms with van der Waals surface area (Å²) in [7, 11) is 3.73. The van der Waals surface area contributed by atoms with Gasteiger partial charge in [0.2, 0.25) is 0 Å². The first-order valence-electron chi connectivity index (χ1n) is 7.24. The Morgan fingerprint density at radius 1 is 1.24 bits per heavy atom. The van der Waals surface area contributed by atoms with Gasteiger partial charge in [-0.25, -0.2) is 0 Å². The monoisotopic (exact) mass is 287 g/mol. The van der Waals surface area contributed by atoms with Gasteiger partial charge in [0.25, 0.3) is 5.91 Å². The van der Waals surface area contributed by atoms with E-state index in [9.17, 15) is 4.79 Å². The number of methoxy groups -OCH3 is 1. The largest absolute Gasteiger partial charge is 0.497 e. The second-order valence-electron chi connectivity index (χ2n) is 5.63. The number of piperazine rings is 1. The molecule has 1 aliphatic rings. The molecular weight excluding hydrogens is 266 g/mol. The molecule has 0 radical (unpaired) electrons. The van der Waals surface area contributed by atoms with Crippen LogP contribution in [0, 0.1) is 6.92 Å². The number of amides is 1. The number of ether oxygens (including phenoxy) is 1. The van der Waals surface area contributed by atoms with E-state index in [1.807, 2.05) is 30.0 Å². The van der Waals surface area contributed by atoms with E-state index in [-0.39, 0.29) is 5.91 Å². The van der Waals surface area contributed by atoms with E-state index in [0.717, 1.165) is 54.1 Å². The number of aromatic nitrogens is 1. The third-order valence-electron chi connectivity index (χ3n) is 4.20. The van der Waals surface area contributed by atoms with Gasteiger partial charge in [-0.1, -0.05) is 0 Å². The highest BCUT2D eigenvalue weighted by Gasteiger charge is 2.24. The summed E-state index contributed by atoms with van der Waals surface area (Å²) >= 11 is 0. The SMILES string of the molecule is COc1ccc2[nH]c(C)c(C(=O)N3CCN(C)CC3)c2c1. The van der Waals surface area contributed by atoms with Crippen LogP contribution in [-0.2, 0) is 0 Å². The van der Waals surface area contributed by atoms with Crippen LogP contribution in [0.5, 0.6) is 5.75 Å². The van der Waals surface area contributed by atoms with Crippen LogP contribution in [0.1, 0.15) is 16.1 Å². The maximum absolute atomic E-state index is 12.8. The zero-order valence-corrected chi connectivity index (χ0v) is 12.8. The first kappa shape index (κ1) is 13.9. The number of carbonyl (C=O) groups excluding carboxylic acids is 1. The topological polar surface area (TPSA) is 48.6 Å². The Morgan fingerprint density at radius 3 is 2.62 bits per heavy atom. The number of rotatable bonds is 2. The Balaban J connectivity index is 1.98. The van der Waals surface area contributed by atoms with Crippen LogP contribution in [0.25, 0.3) is 10.9 Å². The molecule has 21 heavy (non-hydrogen) atoms. The number of aryl methyl sites for hydroxylation is 1. The quantitative estimate of drug-likeness (QED) is 0.917. The van der Waals surface area contributed by atoms with Crippen LogP contribution >= 0.6 is 0 Å². The average molecular weight is 287 g/mol. The summed E-state index contributed by atoms with van der Waals surface area (Å²) in [6.45, 7) is 5.37. The van der Waals surface area contributed by atoms with E-state index in [1.54, 1.807) is 7.11 Å². The predicted octanol–water partition coefficient (Wildman–Crippen LogP) is 1.87. The highest BCUT2D eigenvalue weighted by molar-refractivity contribution is 6.08. The molecule has 3 rings (SSSR count). The molecular formula is C16H21N3O2. The standard InChI is InChI=1S/C16H21N3O2/c1-11-15(16(20)19-8-6-18(2)7-9-19)13-10-12(21-3)4-5-14(13)17-11/h4-5,10,17H,6-9H2,1-3H3. The molecule has 1 N–H and O–H groups in total. The van der Waals surface area contributed by atoms with Gasteiger partial charge in [0.1, 0.15) is 5.75 Å². The van der Waals surface area contributed by atoms with Gasteiger partial charge in [-0.05, 0) is 32.2 Å². The number of nitrogens with zero attached hydrogens (tertiary/aromatic N) is 2. The maximum atomic E-state index is 12.8. The van der Waals surface area contributed by atoms with Gasteiger partial charge in [0.15, 0.2) is 0 Å². The number of hydrogen-bond donors (Lipinski definition) is 1. The minimum absolute atomic E-state index is 0.111. The van der Waals surface area contributed by atoms with E-state index in [1.165, 1.54) is 0 Å². The number of carbonyl (C=O) groups is 1. The summed E-state index contributed by atoms with van der Waals surface area (Å²) in [4.78, 5) is 20.3.